The van der Waals surface area contributed by atoms with E-state index in [1.165, 1.54) is 0 Å². The van der Waals surface area contributed by atoms with E-state index in [4.69, 9.17) is 9.47 Å². The van der Waals surface area contributed by atoms with Crippen LogP contribution in [0.25, 0.3) is 0 Å². The van der Waals surface area contributed by atoms with E-state index < -0.39 is 0 Å². The van der Waals surface area contributed by atoms with Gasteiger partial charge in [-0.1, -0.05) is 35.9 Å². The van der Waals surface area contributed by atoms with Crippen LogP contribution in [0.4, 0.5) is 0 Å². The second kappa shape index (κ2) is 8.11. The van der Waals surface area contributed by atoms with Gasteiger partial charge in [0.05, 0.1) is 5.56 Å². The molecule has 2 aromatic carbocycles. The molecule has 0 aliphatic rings. The number of hydrogen-bond donors (Lipinski definition) is 0. The lowest BCUT2D eigenvalue weighted by molar-refractivity contribution is 0.0472. The standard InChI is InChI=1S/C21H19NO3/c1-16-4-8-19(9-5-16)21(23)25-14-17-6-10-20(11-7-17)24-15-18-3-2-12-22-13-18/h2-13H,14-15H2,1H3. The van der Waals surface area contributed by atoms with Crippen molar-refractivity contribution in [2.45, 2.75) is 20.1 Å². The lowest BCUT2D eigenvalue weighted by Gasteiger charge is -2.08. The average molecular weight is 333 g/mol. The predicted octanol–water partition coefficient (Wildman–Crippen LogP) is 4.33. The molecule has 0 aliphatic heterocycles. The van der Waals surface area contributed by atoms with Gasteiger partial charge in [-0.05, 0) is 42.8 Å². The Morgan fingerprint density at radius 1 is 0.920 bits per heavy atom. The Bertz CT molecular complexity index is 812. The molecule has 0 spiro atoms. The molecule has 0 fully saturated rings. The molecule has 4 nitrogen and oxygen atoms in total. The third kappa shape index (κ3) is 4.91. The summed E-state index contributed by atoms with van der Waals surface area (Å²) in [5.41, 5.74) is 3.59. The SMILES string of the molecule is Cc1ccc(C(=O)OCc2ccc(OCc3cccnc3)cc2)cc1. The van der Waals surface area contributed by atoms with Crippen molar-refractivity contribution in [3.05, 3.63) is 95.3 Å². The van der Waals surface area contributed by atoms with Gasteiger partial charge in [0.15, 0.2) is 0 Å². The maximum absolute atomic E-state index is 12.0. The molecule has 0 saturated carbocycles. The largest absolute Gasteiger partial charge is 0.489 e. The summed E-state index contributed by atoms with van der Waals surface area (Å²) in [5.74, 6) is 0.439. The van der Waals surface area contributed by atoms with Crippen LogP contribution < -0.4 is 4.74 Å². The summed E-state index contributed by atoms with van der Waals surface area (Å²) >= 11 is 0. The van der Waals surface area contributed by atoms with Crippen LogP contribution in [0.3, 0.4) is 0 Å². The molecule has 0 unspecified atom stereocenters. The zero-order valence-electron chi connectivity index (χ0n) is 14.0. The number of rotatable bonds is 6. The monoisotopic (exact) mass is 333 g/mol. The van der Waals surface area contributed by atoms with E-state index >= 15 is 0 Å². The van der Waals surface area contributed by atoms with Gasteiger partial charge in [-0.3, -0.25) is 4.98 Å². The van der Waals surface area contributed by atoms with Crippen LogP contribution in [0, 0.1) is 6.92 Å². The topological polar surface area (TPSA) is 48.4 Å². The van der Waals surface area contributed by atoms with Crippen LogP contribution in [0.2, 0.25) is 0 Å². The van der Waals surface area contributed by atoms with Crippen molar-refractivity contribution >= 4 is 5.97 Å². The van der Waals surface area contributed by atoms with Gasteiger partial charge in [0, 0.05) is 18.0 Å². The van der Waals surface area contributed by atoms with E-state index in [0.29, 0.717) is 12.2 Å². The second-order valence-electron chi connectivity index (χ2n) is 5.74. The van der Waals surface area contributed by atoms with Crippen molar-refractivity contribution in [3.63, 3.8) is 0 Å². The first-order chi connectivity index (χ1) is 12.2. The van der Waals surface area contributed by atoms with Crippen LogP contribution in [0.5, 0.6) is 5.75 Å². The molecular weight excluding hydrogens is 314 g/mol. The third-order valence-corrected chi connectivity index (χ3v) is 3.71. The molecule has 0 N–H and O–H groups in total. The number of aryl methyl sites for hydroxylation is 1. The minimum absolute atomic E-state index is 0.232. The molecule has 0 bridgehead atoms. The number of ether oxygens (including phenoxy) is 2. The Morgan fingerprint density at radius 2 is 1.68 bits per heavy atom. The summed E-state index contributed by atoms with van der Waals surface area (Å²) < 4.78 is 11.0. The highest BCUT2D eigenvalue weighted by atomic mass is 16.5. The molecule has 0 radical (unpaired) electrons. The molecule has 4 heteroatoms. The highest BCUT2D eigenvalue weighted by molar-refractivity contribution is 5.89. The van der Waals surface area contributed by atoms with Gasteiger partial charge in [-0.2, -0.15) is 0 Å². The summed E-state index contributed by atoms with van der Waals surface area (Å²) in [6, 6.07) is 18.7. The Balaban J connectivity index is 1.50. The second-order valence-corrected chi connectivity index (χ2v) is 5.74. The molecule has 1 aromatic heterocycles. The average Bonchev–Trinajstić information content (AvgIpc) is 2.67. The normalized spacial score (nSPS) is 10.3. The van der Waals surface area contributed by atoms with Crippen molar-refractivity contribution in [2.24, 2.45) is 0 Å². The van der Waals surface area contributed by atoms with Gasteiger partial charge in [-0.15, -0.1) is 0 Å². The maximum atomic E-state index is 12.0. The Morgan fingerprint density at radius 3 is 2.36 bits per heavy atom. The quantitative estimate of drug-likeness (QED) is 0.630. The first kappa shape index (κ1) is 16.7. The molecule has 0 aliphatic carbocycles. The molecule has 0 saturated heterocycles. The summed E-state index contributed by atoms with van der Waals surface area (Å²) in [6.07, 6.45) is 3.51. The highest BCUT2D eigenvalue weighted by Gasteiger charge is 2.07. The fourth-order valence-corrected chi connectivity index (χ4v) is 2.25. The summed E-state index contributed by atoms with van der Waals surface area (Å²) in [6.45, 7) is 2.68. The van der Waals surface area contributed by atoms with E-state index in [2.05, 4.69) is 4.98 Å². The van der Waals surface area contributed by atoms with Crippen LogP contribution in [-0.4, -0.2) is 11.0 Å². The van der Waals surface area contributed by atoms with Crippen molar-refractivity contribution in [3.8, 4) is 5.75 Å². The first-order valence-electron chi connectivity index (χ1n) is 8.05. The van der Waals surface area contributed by atoms with Gasteiger partial charge in [0.2, 0.25) is 0 Å². The number of aromatic nitrogens is 1. The summed E-state index contributed by atoms with van der Waals surface area (Å²) in [7, 11) is 0. The minimum Gasteiger partial charge on any atom is -0.489 e. The van der Waals surface area contributed by atoms with E-state index in [-0.39, 0.29) is 12.6 Å². The smallest absolute Gasteiger partial charge is 0.338 e. The molecule has 0 atom stereocenters. The maximum Gasteiger partial charge on any atom is 0.338 e. The minimum atomic E-state index is -0.322. The van der Waals surface area contributed by atoms with E-state index in [1.807, 2.05) is 55.5 Å². The van der Waals surface area contributed by atoms with E-state index in [0.717, 1.165) is 22.4 Å². The van der Waals surface area contributed by atoms with Gasteiger partial charge in [0.1, 0.15) is 19.0 Å². The van der Waals surface area contributed by atoms with Crippen LogP contribution in [0.15, 0.2) is 73.1 Å². The van der Waals surface area contributed by atoms with Gasteiger partial charge < -0.3 is 9.47 Å². The first-order valence-corrected chi connectivity index (χ1v) is 8.05. The Kier molecular flexibility index (Phi) is 5.42. The molecule has 126 valence electrons. The Hall–Kier alpha value is -3.14. The highest BCUT2D eigenvalue weighted by Crippen LogP contribution is 2.15. The number of benzene rings is 2. The zero-order valence-corrected chi connectivity index (χ0v) is 14.0. The number of pyridine rings is 1. The van der Waals surface area contributed by atoms with Gasteiger partial charge in [0.25, 0.3) is 0 Å². The number of hydrogen-bond acceptors (Lipinski definition) is 4. The molecular formula is C21H19NO3. The number of nitrogens with zero attached hydrogens (tertiary/aromatic N) is 1. The molecule has 0 amide bonds. The fraction of sp³-hybridized carbons (Fsp3) is 0.143. The lowest BCUT2D eigenvalue weighted by atomic mass is 10.1. The third-order valence-electron chi connectivity index (χ3n) is 3.71. The zero-order chi connectivity index (χ0) is 17.5. The number of carbonyl (C=O) groups is 1. The molecule has 25 heavy (non-hydrogen) atoms. The van der Waals surface area contributed by atoms with Crippen molar-refractivity contribution in [1.82, 2.24) is 4.98 Å². The van der Waals surface area contributed by atoms with Crippen LogP contribution >= 0.6 is 0 Å². The van der Waals surface area contributed by atoms with E-state index in [1.54, 1.807) is 24.5 Å². The van der Waals surface area contributed by atoms with Crippen molar-refractivity contribution in [1.29, 1.82) is 0 Å². The molecule has 3 rings (SSSR count). The molecule has 3 aromatic rings. The van der Waals surface area contributed by atoms with Gasteiger partial charge >= 0.3 is 5.97 Å². The van der Waals surface area contributed by atoms with E-state index in [9.17, 15) is 4.79 Å². The van der Waals surface area contributed by atoms with Crippen LogP contribution in [0.1, 0.15) is 27.0 Å². The predicted molar refractivity (Wildman–Crippen MR) is 95.3 cm³/mol. The number of carbonyl (C=O) groups excluding carboxylic acids is 1. The fourth-order valence-electron chi connectivity index (χ4n) is 2.25. The van der Waals surface area contributed by atoms with Crippen LogP contribution in [-0.2, 0) is 18.0 Å². The summed E-state index contributed by atoms with van der Waals surface area (Å²) in [5, 5.41) is 0. The lowest BCUT2D eigenvalue weighted by Crippen LogP contribution is -2.05. The van der Waals surface area contributed by atoms with Crippen molar-refractivity contribution in [2.75, 3.05) is 0 Å². The van der Waals surface area contributed by atoms with Gasteiger partial charge in [-0.25, -0.2) is 4.79 Å². The molecule has 1 heterocycles. The van der Waals surface area contributed by atoms with Crippen molar-refractivity contribution < 1.29 is 14.3 Å². The number of esters is 1. The summed E-state index contributed by atoms with van der Waals surface area (Å²) in [4.78, 5) is 16.1. The Labute approximate surface area is 147 Å².